The van der Waals surface area contributed by atoms with Crippen LogP contribution in [0.25, 0.3) is 21.5 Å². The van der Waals surface area contributed by atoms with E-state index in [2.05, 4.69) is 10.2 Å². The van der Waals surface area contributed by atoms with Gasteiger partial charge in [0, 0.05) is 6.20 Å². The molecular formula is C17H13N3O3S. The Morgan fingerprint density at radius 2 is 2.17 bits per heavy atom. The highest BCUT2D eigenvalue weighted by Gasteiger charge is 2.11. The second-order valence-electron chi connectivity index (χ2n) is 5.18. The Morgan fingerprint density at radius 1 is 1.25 bits per heavy atom. The van der Waals surface area contributed by atoms with E-state index in [-0.39, 0.29) is 12.1 Å². The third-order valence-corrected chi connectivity index (χ3v) is 4.55. The Labute approximate surface area is 141 Å². The van der Waals surface area contributed by atoms with Crippen molar-refractivity contribution in [2.24, 2.45) is 0 Å². The Bertz CT molecular complexity index is 1050. The third-order valence-electron chi connectivity index (χ3n) is 3.69. The molecule has 0 atom stereocenters. The lowest BCUT2D eigenvalue weighted by Crippen LogP contribution is -2.20. The van der Waals surface area contributed by atoms with Crippen LogP contribution in [-0.2, 0) is 6.54 Å². The average molecular weight is 339 g/mol. The number of ether oxygens (including phenoxy) is 1. The molecule has 0 aliphatic carbocycles. The van der Waals surface area contributed by atoms with E-state index in [1.165, 1.54) is 11.3 Å². The molecule has 0 aliphatic heterocycles. The molecule has 0 N–H and O–H groups in total. The quantitative estimate of drug-likeness (QED) is 0.571. The summed E-state index contributed by atoms with van der Waals surface area (Å²) in [5.74, 6) is 1.51. The van der Waals surface area contributed by atoms with Crippen LogP contribution in [0.4, 0.5) is 0 Å². The minimum atomic E-state index is -0.123. The lowest BCUT2D eigenvalue weighted by atomic mass is 10.1. The fourth-order valence-corrected chi connectivity index (χ4v) is 3.12. The van der Waals surface area contributed by atoms with Crippen LogP contribution in [0.15, 0.2) is 57.2 Å². The summed E-state index contributed by atoms with van der Waals surface area (Å²) in [7, 11) is 1.58. The average Bonchev–Trinajstić information content (AvgIpc) is 3.28. The Kier molecular flexibility index (Phi) is 3.62. The van der Waals surface area contributed by atoms with Crippen LogP contribution >= 0.6 is 11.3 Å². The summed E-state index contributed by atoms with van der Waals surface area (Å²) in [5.41, 5.74) is -0.123. The maximum absolute atomic E-state index is 12.7. The molecular weight excluding hydrogens is 326 g/mol. The second-order valence-corrected chi connectivity index (χ2v) is 6.13. The Hall–Kier alpha value is -2.93. The monoisotopic (exact) mass is 339 g/mol. The van der Waals surface area contributed by atoms with Crippen LogP contribution in [0.3, 0.4) is 0 Å². The maximum atomic E-state index is 12.7. The molecule has 4 aromatic rings. The topological polar surface area (TPSA) is 70.2 Å². The molecule has 24 heavy (non-hydrogen) atoms. The van der Waals surface area contributed by atoms with Crippen LogP contribution in [0, 0.1) is 0 Å². The maximum Gasteiger partial charge on any atom is 0.259 e. The van der Waals surface area contributed by atoms with E-state index >= 15 is 0 Å². The Balaban J connectivity index is 1.69. The lowest BCUT2D eigenvalue weighted by molar-refractivity contribution is 0.415. The first-order valence-electron chi connectivity index (χ1n) is 7.28. The highest BCUT2D eigenvalue weighted by Crippen LogP contribution is 2.23. The van der Waals surface area contributed by atoms with Crippen LogP contribution in [-0.4, -0.2) is 21.9 Å². The molecule has 120 valence electrons. The molecule has 4 rings (SSSR count). The summed E-state index contributed by atoms with van der Waals surface area (Å²) in [4.78, 5) is 13.6. The summed E-state index contributed by atoms with van der Waals surface area (Å²) in [5, 5.41) is 11.5. The van der Waals surface area contributed by atoms with Crippen LogP contribution < -0.4 is 10.3 Å². The minimum Gasteiger partial charge on any atom is -0.497 e. The van der Waals surface area contributed by atoms with Gasteiger partial charge >= 0.3 is 0 Å². The van der Waals surface area contributed by atoms with Gasteiger partial charge in [0.05, 0.1) is 17.4 Å². The molecule has 7 heteroatoms. The summed E-state index contributed by atoms with van der Waals surface area (Å²) in [6, 6.07) is 11.1. The molecule has 0 fully saturated rings. The third kappa shape index (κ3) is 2.59. The smallest absolute Gasteiger partial charge is 0.259 e. The van der Waals surface area contributed by atoms with Crippen LogP contribution in [0.2, 0.25) is 0 Å². The fourth-order valence-electron chi connectivity index (χ4n) is 2.47. The molecule has 0 radical (unpaired) electrons. The van der Waals surface area contributed by atoms with Crippen molar-refractivity contribution in [2.45, 2.75) is 6.54 Å². The van der Waals surface area contributed by atoms with E-state index in [1.807, 2.05) is 35.7 Å². The highest BCUT2D eigenvalue weighted by atomic mass is 32.1. The fraction of sp³-hybridized carbons (Fsp3) is 0.118. The Morgan fingerprint density at radius 3 is 2.96 bits per heavy atom. The van der Waals surface area contributed by atoms with Crippen molar-refractivity contribution < 1.29 is 9.15 Å². The van der Waals surface area contributed by atoms with Gasteiger partial charge in [-0.2, -0.15) is 0 Å². The van der Waals surface area contributed by atoms with E-state index in [0.717, 1.165) is 10.3 Å². The predicted octanol–water partition coefficient (Wildman–Crippen LogP) is 3.17. The molecule has 0 saturated carbocycles. The number of thiophene rings is 1. The molecule has 0 amide bonds. The van der Waals surface area contributed by atoms with Gasteiger partial charge in [0.15, 0.2) is 0 Å². The van der Waals surface area contributed by atoms with E-state index in [0.29, 0.717) is 22.9 Å². The van der Waals surface area contributed by atoms with Gasteiger partial charge in [-0.3, -0.25) is 4.79 Å². The van der Waals surface area contributed by atoms with E-state index in [4.69, 9.17) is 9.15 Å². The normalized spacial score (nSPS) is 11.0. The van der Waals surface area contributed by atoms with Crippen molar-refractivity contribution in [3.8, 4) is 16.5 Å². The zero-order valence-electron chi connectivity index (χ0n) is 12.8. The minimum absolute atomic E-state index is 0.123. The first kappa shape index (κ1) is 14.6. The van der Waals surface area contributed by atoms with E-state index < -0.39 is 0 Å². The van der Waals surface area contributed by atoms with Crippen molar-refractivity contribution >= 4 is 22.1 Å². The number of hydrogen-bond acceptors (Lipinski definition) is 6. The van der Waals surface area contributed by atoms with Gasteiger partial charge in [0.1, 0.15) is 12.3 Å². The van der Waals surface area contributed by atoms with Gasteiger partial charge < -0.3 is 13.7 Å². The SMILES string of the molecule is COc1ccc2ccn(Cc3nnc(-c4cccs4)o3)c(=O)c2c1. The summed E-state index contributed by atoms with van der Waals surface area (Å²) in [6.45, 7) is 0.227. The van der Waals surface area contributed by atoms with Crippen LogP contribution in [0.5, 0.6) is 5.75 Å². The number of rotatable bonds is 4. The number of fused-ring (bicyclic) bond motifs is 1. The molecule has 1 aromatic carbocycles. The molecule has 0 aliphatic rings. The standard InChI is InChI=1S/C17H13N3O3S/c1-22-12-5-4-11-6-7-20(17(21)13(11)9-12)10-15-18-19-16(23-15)14-3-2-8-24-14/h2-9H,10H2,1H3. The molecule has 0 unspecified atom stereocenters. The summed E-state index contributed by atoms with van der Waals surface area (Å²) in [6.07, 6.45) is 1.73. The predicted molar refractivity (Wildman–Crippen MR) is 91.5 cm³/mol. The van der Waals surface area contributed by atoms with Crippen molar-refractivity contribution in [1.29, 1.82) is 0 Å². The number of hydrogen-bond donors (Lipinski definition) is 0. The van der Waals surface area contributed by atoms with Gasteiger partial charge in [-0.25, -0.2) is 0 Å². The lowest BCUT2D eigenvalue weighted by Gasteiger charge is -2.06. The van der Waals surface area contributed by atoms with Crippen LogP contribution in [0.1, 0.15) is 5.89 Å². The summed E-state index contributed by atoms with van der Waals surface area (Å²) < 4.78 is 12.4. The molecule has 0 saturated heterocycles. The van der Waals surface area contributed by atoms with Crippen molar-refractivity contribution in [1.82, 2.24) is 14.8 Å². The van der Waals surface area contributed by atoms with Gasteiger partial charge in [-0.1, -0.05) is 12.1 Å². The number of aromatic nitrogens is 3. The molecule has 3 aromatic heterocycles. The van der Waals surface area contributed by atoms with Crippen molar-refractivity contribution in [2.75, 3.05) is 7.11 Å². The second kappa shape index (κ2) is 5.93. The van der Waals surface area contributed by atoms with Gasteiger partial charge in [-0.05, 0) is 35.0 Å². The molecule has 3 heterocycles. The van der Waals surface area contributed by atoms with Gasteiger partial charge in [-0.15, -0.1) is 21.5 Å². The number of pyridine rings is 1. The zero-order chi connectivity index (χ0) is 16.5. The highest BCUT2D eigenvalue weighted by molar-refractivity contribution is 7.13. The number of methoxy groups -OCH3 is 1. The summed E-state index contributed by atoms with van der Waals surface area (Å²) >= 11 is 1.53. The van der Waals surface area contributed by atoms with E-state index in [1.54, 1.807) is 23.9 Å². The van der Waals surface area contributed by atoms with Gasteiger partial charge in [0.25, 0.3) is 11.4 Å². The first-order chi connectivity index (χ1) is 11.7. The van der Waals surface area contributed by atoms with Gasteiger partial charge in [0.2, 0.25) is 5.89 Å². The number of benzene rings is 1. The van der Waals surface area contributed by atoms with Crippen molar-refractivity contribution in [3.63, 3.8) is 0 Å². The first-order valence-corrected chi connectivity index (χ1v) is 8.16. The molecule has 0 spiro atoms. The van der Waals surface area contributed by atoms with Crippen molar-refractivity contribution in [3.05, 3.63) is 64.2 Å². The molecule has 6 nitrogen and oxygen atoms in total. The molecule has 0 bridgehead atoms. The van der Waals surface area contributed by atoms with E-state index in [9.17, 15) is 4.79 Å². The number of nitrogens with zero attached hydrogens (tertiary/aromatic N) is 3. The zero-order valence-corrected chi connectivity index (χ0v) is 13.6. The largest absolute Gasteiger partial charge is 0.497 e.